The fourth-order valence-electron chi connectivity index (χ4n) is 3.78. The smallest absolute Gasteiger partial charge is 0.278 e. The van der Waals surface area contributed by atoms with Gasteiger partial charge in [-0.05, 0) is 48.2 Å². The number of benzene rings is 2. The molecule has 5 rings (SSSR count). The van der Waals surface area contributed by atoms with Crippen molar-refractivity contribution in [2.24, 2.45) is 0 Å². The Bertz CT molecular complexity index is 1290. The summed E-state index contributed by atoms with van der Waals surface area (Å²) in [6, 6.07) is 19.4. The van der Waals surface area contributed by atoms with Gasteiger partial charge in [0.2, 0.25) is 5.88 Å². The third-order valence-electron chi connectivity index (χ3n) is 5.52. The number of pyridine rings is 1. The molecule has 0 bridgehead atoms. The average molecular weight is 474 g/mol. The zero-order valence-corrected chi connectivity index (χ0v) is 19.4. The Morgan fingerprint density at radius 2 is 2.03 bits per heavy atom. The Balaban J connectivity index is 1.18. The molecule has 8 heteroatoms. The summed E-state index contributed by atoms with van der Waals surface area (Å²) in [7, 11) is 1.51. The molecule has 4 aromatic rings. The van der Waals surface area contributed by atoms with E-state index in [1.54, 1.807) is 18.3 Å². The van der Waals surface area contributed by atoms with E-state index in [1.165, 1.54) is 30.2 Å². The van der Waals surface area contributed by atoms with Crippen LogP contribution in [0.15, 0.2) is 73.1 Å². The van der Waals surface area contributed by atoms with Crippen molar-refractivity contribution in [3.8, 4) is 22.6 Å². The molecule has 0 spiro atoms. The lowest BCUT2D eigenvalue weighted by Crippen LogP contribution is -2.22. The van der Waals surface area contributed by atoms with Gasteiger partial charge in [0.1, 0.15) is 17.6 Å². The molecule has 3 heterocycles. The standard InChI is InChI=1S/C26H23N3O4S/c1-31-24-14-19(11-12-27-24)25(30)28-15-21-16-29-26(34-21)32-20-8-10-23-18(13-20)7-9-22(33-23)17-5-3-2-4-6-17/h2-6,8,10-14,16,22H,7,9,15H2,1H3,(H,28,30). The van der Waals surface area contributed by atoms with Crippen LogP contribution in [-0.2, 0) is 13.0 Å². The van der Waals surface area contributed by atoms with Crippen LogP contribution in [0.2, 0.25) is 0 Å². The van der Waals surface area contributed by atoms with E-state index in [4.69, 9.17) is 14.2 Å². The third-order valence-corrected chi connectivity index (χ3v) is 6.39. The van der Waals surface area contributed by atoms with E-state index in [1.807, 2.05) is 36.4 Å². The van der Waals surface area contributed by atoms with Gasteiger partial charge in [-0.25, -0.2) is 9.97 Å². The lowest BCUT2D eigenvalue weighted by molar-refractivity contribution is 0.0950. The number of nitrogens with zero attached hydrogens (tertiary/aromatic N) is 2. The van der Waals surface area contributed by atoms with Crippen molar-refractivity contribution in [3.63, 3.8) is 0 Å². The minimum Gasteiger partial charge on any atom is -0.485 e. The lowest BCUT2D eigenvalue weighted by atomic mass is 9.97. The predicted octanol–water partition coefficient (Wildman–Crippen LogP) is 5.34. The number of methoxy groups -OCH3 is 1. The lowest BCUT2D eigenvalue weighted by Gasteiger charge is -2.26. The Kier molecular flexibility index (Phi) is 6.40. The number of aromatic nitrogens is 2. The highest BCUT2D eigenvalue weighted by molar-refractivity contribution is 7.13. The molecular weight excluding hydrogens is 450 g/mol. The van der Waals surface area contributed by atoms with Gasteiger partial charge in [-0.15, -0.1) is 0 Å². The number of rotatable bonds is 7. The maximum Gasteiger partial charge on any atom is 0.278 e. The molecule has 172 valence electrons. The summed E-state index contributed by atoms with van der Waals surface area (Å²) in [6.45, 7) is 0.351. The number of aryl methyl sites for hydroxylation is 1. The van der Waals surface area contributed by atoms with E-state index in [2.05, 4.69) is 27.4 Å². The monoisotopic (exact) mass is 473 g/mol. The van der Waals surface area contributed by atoms with E-state index in [0.29, 0.717) is 28.9 Å². The number of hydrogen-bond donors (Lipinski definition) is 1. The van der Waals surface area contributed by atoms with Crippen molar-refractivity contribution in [2.75, 3.05) is 7.11 Å². The molecular formula is C26H23N3O4S. The molecule has 1 amide bonds. The fourth-order valence-corrected chi connectivity index (χ4v) is 4.50. The molecule has 1 atom stereocenters. The van der Waals surface area contributed by atoms with E-state index in [0.717, 1.165) is 29.0 Å². The molecule has 7 nitrogen and oxygen atoms in total. The zero-order valence-electron chi connectivity index (χ0n) is 18.6. The highest BCUT2D eigenvalue weighted by atomic mass is 32.1. The SMILES string of the molecule is COc1cc(C(=O)NCc2cnc(Oc3ccc4c(c3)CCC(c3ccccc3)O4)s2)ccn1. The van der Waals surface area contributed by atoms with Gasteiger partial charge in [-0.3, -0.25) is 4.79 Å². The first-order valence-corrected chi connectivity index (χ1v) is 11.7. The van der Waals surface area contributed by atoms with Crippen molar-refractivity contribution in [1.82, 2.24) is 15.3 Å². The van der Waals surface area contributed by atoms with Gasteiger partial charge in [0.05, 0.1) is 13.7 Å². The van der Waals surface area contributed by atoms with Gasteiger partial charge in [-0.2, -0.15) is 0 Å². The van der Waals surface area contributed by atoms with Crippen molar-refractivity contribution < 1.29 is 19.0 Å². The van der Waals surface area contributed by atoms with Crippen molar-refractivity contribution in [1.29, 1.82) is 0 Å². The molecule has 2 aromatic heterocycles. The maximum absolute atomic E-state index is 12.4. The molecule has 1 unspecified atom stereocenters. The number of hydrogen-bond acceptors (Lipinski definition) is 7. The second-order valence-electron chi connectivity index (χ2n) is 7.79. The van der Waals surface area contributed by atoms with Crippen molar-refractivity contribution in [2.45, 2.75) is 25.5 Å². The summed E-state index contributed by atoms with van der Waals surface area (Å²) < 4.78 is 17.2. The van der Waals surface area contributed by atoms with Crippen LogP contribution >= 0.6 is 11.3 Å². The molecule has 2 aromatic carbocycles. The molecule has 0 saturated carbocycles. The fraction of sp³-hybridized carbons (Fsp3) is 0.192. The van der Waals surface area contributed by atoms with E-state index in [-0.39, 0.29) is 12.0 Å². The first-order chi connectivity index (χ1) is 16.7. The van der Waals surface area contributed by atoms with Gasteiger partial charge < -0.3 is 19.5 Å². The van der Waals surface area contributed by atoms with E-state index < -0.39 is 0 Å². The maximum atomic E-state index is 12.4. The first kappa shape index (κ1) is 21.9. The Hall–Kier alpha value is -3.91. The second kappa shape index (κ2) is 9.93. The van der Waals surface area contributed by atoms with Crippen LogP contribution in [0.5, 0.6) is 22.6 Å². The van der Waals surface area contributed by atoms with Gasteiger partial charge >= 0.3 is 0 Å². The van der Waals surface area contributed by atoms with Crippen LogP contribution < -0.4 is 19.5 Å². The van der Waals surface area contributed by atoms with Gasteiger partial charge in [0.15, 0.2) is 0 Å². The summed E-state index contributed by atoms with van der Waals surface area (Å²) in [6.07, 6.45) is 5.16. The number of nitrogens with one attached hydrogen (secondary N) is 1. The van der Waals surface area contributed by atoms with E-state index >= 15 is 0 Å². The van der Waals surface area contributed by atoms with E-state index in [9.17, 15) is 4.79 Å². The molecule has 1 aliphatic heterocycles. The molecule has 0 aliphatic carbocycles. The first-order valence-electron chi connectivity index (χ1n) is 10.9. The van der Waals surface area contributed by atoms with Crippen LogP contribution in [0.4, 0.5) is 0 Å². The Labute approximate surface area is 201 Å². The number of ether oxygens (including phenoxy) is 3. The summed E-state index contributed by atoms with van der Waals surface area (Å²) in [5.74, 6) is 1.80. The summed E-state index contributed by atoms with van der Waals surface area (Å²) in [4.78, 5) is 21.6. The van der Waals surface area contributed by atoms with Crippen molar-refractivity contribution in [3.05, 3.63) is 94.6 Å². The minimum atomic E-state index is -0.208. The summed E-state index contributed by atoms with van der Waals surface area (Å²) >= 11 is 1.39. The molecule has 34 heavy (non-hydrogen) atoms. The van der Waals surface area contributed by atoms with Gasteiger partial charge in [0.25, 0.3) is 11.1 Å². The minimum absolute atomic E-state index is 0.0745. The molecule has 0 fully saturated rings. The molecule has 1 aliphatic rings. The van der Waals surface area contributed by atoms with Crippen LogP contribution in [0.1, 0.15) is 38.9 Å². The van der Waals surface area contributed by atoms with Crippen LogP contribution in [0, 0.1) is 0 Å². The van der Waals surface area contributed by atoms with Gasteiger partial charge in [0, 0.05) is 28.9 Å². The molecule has 0 saturated heterocycles. The van der Waals surface area contributed by atoms with Crippen LogP contribution in [-0.4, -0.2) is 23.0 Å². The zero-order chi connectivity index (χ0) is 23.3. The Morgan fingerprint density at radius 1 is 1.15 bits per heavy atom. The highest BCUT2D eigenvalue weighted by Gasteiger charge is 2.22. The van der Waals surface area contributed by atoms with Crippen LogP contribution in [0.25, 0.3) is 0 Å². The normalized spacial score (nSPS) is 14.6. The number of amides is 1. The second-order valence-corrected chi connectivity index (χ2v) is 8.87. The average Bonchev–Trinajstić information content (AvgIpc) is 3.34. The predicted molar refractivity (Wildman–Crippen MR) is 129 cm³/mol. The molecule has 0 radical (unpaired) electrons. The van der Waals surface area contributed by atoms with Crippen LogP contribution in [0.3, 0.4) is 0 Å². The van der Waals surface area contributed by atoms with Crippen molar-refractivity contribution >= 4 is 17.2 Å². The quantitative estimate of drug-likeness (QED) is 0.390. The number of carbonyl (C=O) groups is 1. The highest BCUT2D eigenvalue weighted by Crippen LogP contribution is 2.38. The number of thiazole rings is 1. The molecule has 1 N–H and O–H groups in total. The topological polar surface area (TPSA) is 82.6 Å². The summed E-state index contributed by atoms with van der Waals surface area (Å²) in [5, 5.41) is 3.40. The number of carbonyl (C=O) groups excluding carboxylic acids is 1. The Morgan fingerprint density at radius 3 is 2.88 bits per heavy atom. The third kappa shape index (κ3) is 5.02. The number of fused-ring (bicyclic) bond motifs is 1. The largest absolute Gasteiger partial charge is 0.485 e. The van der Waals surface area contributed by atoms with Gasteiger partial charge in [-0.1, -0.05) is 41.7 Å². The summed E-state index contributed by atoms with van der Waals surface area (Å²) in [5.41, 5.74) is 2.80.